The Morgan fingerprint density at radius 2 is 1.88 bits per heavy atom. The van der Waals surface area contributed by atoms with Crippen molar-refractivity contribution in [1.29, 1.82) is 5.41 Å². The number of piperidine rings is 1. The SMILES string of the molecule is CC(C)CS(=O)(=O)N1CCC(C)(C(=N)N)CC1. The summed E-state index contributed by atoms with van der Waals surface area (Å²) in [6.45, 7) is 6.69. The van der Waals surface area contributed by atoms with Crippen LogP contribution in [0, 0.1) is 16.7 Å². The molecule has 6 heteroatoms. The first-order chi connectivity index (χ1) is 7.67. The van der Waals surface area contributed by atoms with Gasteiger partial charge in [0.2, 0.25) is 10.0 Å². The summed E-state index contributed by atoms with van der Waals surface area (Å²) in [6.07, 6.45) is 1.28. The standard InChI is InChI=1S/C11H23N3O2S/c1-9(2)8-17(15,16)14-6-4-11(3,5-7-14)10(12)13/h9H,4-8H2,1-3H3,(H3,12,13). The number of rotatable bonds is 4. The van der Waals surface area contributed by atoms with Gasteiger partial charge in [0.15, 0.2) is 0 Å². The van der Waals surface area contributed by atoms with Gasteiger partial charge < -0.3 is 5.73 Å². The molecule has 0 aromatic carbocycles. The minimum atomic E-state index is -3.14. The molecule has 0 bridgehead atoms. The third kappa shape index (κ3) is 3.42. The molecule has 1 aliphatic rings. The summed E-state index contributed by atoms with van der Waals surface area (Å²) in [6, 6.07) is 0. The van der Waals surface area contributed by atoms with Gasteiger partial charge in [-0.2, -0.15) is 0 Å². The molecule has 1 heterocycles. The van der Waals surface area contributed by atoms with Crippen molar-refractivity contribution in [2.24, 2.45) is 17.1 Å². The van der Waals surface area contributed by atoms with E-state index >= 15 is 0 Å². The van der Waals surface area contributed by atoms with Crippen molar-refractivity contribution in [2.75, 3.05) is 18.8 Å². The van der Waals surface area contributed by atoms with Crippen molar-refractivity contribution >= 4 is 15.9 Å². The maximum Gasteiger partial charge on any atom is 0.214 e. The second-order valence-corrected chi connectivity index (χ2v) is 7.56. The van der Waals surface area contributed by atoms with Gasteiger partial charge >= 0.3 is 0 Å². The molecule has 0 aliphatic carbocycles. The summed E-state index contributed by atoms with van der Waals surface area (Å²) in [5.41, 5.74) is 5.22. The summed E-state index contributed by atoms with van der Waals surface area (Å²) in [7, 11) is -3.14. The highest BCUT2D eigenvalue weighted by molar-refractivity contribution is 7.89. The second kappa shape index (κ2) is 4.94. The first kappa shape index (κ1) is 14.4. The number of nitrogens with one attached hydrogen (secondary N) is 1. The molecule has 3 N–H and O–H groups in total. The van der Waals surface area contributed by atoms with Crippen molar-refractivity contribution in [3.05, 3.63) is 0 Å². The molecular formula is C11H23N3O2S. The van der Waals surface area contributed by atoms with Gasteiger partial charge in [0.05, 0.1) is 11.6 Å². The van der Waals surface area contributed by atoms with Gasteiger partial charge in [-0.15, -0.1) is 0 Å². The molecule has 0 saturated carbocycles. The molecule has 0 radical (unpaired) electrons. The lowest BCUT2D eigenvalue weighted by Crippen LogP contribution is -2.47. The van der Waals surface area contributed by atoms with Gasteiger partial charge in [-0.05, 0) is 18.8 Å². The fraction of sp³-hybridized carbons (Fsp3) is 0.909. The Morgan fingerprint density at radius 3 is 2.24 bits per heavy atom. The van der Waals surface area contributed by atoms with Crippen LogP contribution in [0.2, 0.25) is 0 Å². The van der Waals surface area contributed by atoms with Gasteiger partial charge in [-0.1, -0.05) is 20.8 Å². The normalized spacial score (nSPS) is 21.6. The van der Waals surface area contributed by atoms with Crippen LogP contribution in [-0.2, 0) is 10.0 Å². The smallest absolute Gasteiger partial charge is 0.214 e. The van der Waals surface area contributed by atoms with Crippen LogP contribution in [0.3, 0.4) is 0 Å². The van der Waals surface area contributed by atoms with E-state index in [0.717, 1.165) is 0 Å². The summed E-state index contributed by atoms with van der Waals surface area (Å²) in [4.78, 5) is 0. The summed E-state index contributed by atoms with van der Waals surface area (Å²) >= 11 is 0. The van der Waals surface area contributed by atoms with Crippen LogP contribution >= 0.6 is 0 Å². The summed E-state index contributed by atoms with van der Waals surface area (Å²) < 4.78 is 25.6. The fourth-order valence-corrected chi connectivity index (χ4v) is 3.85. The molecule has 1 fully saturated rings. The Bertz CT molecular complexity index is 382. The Balaban J connectivity index is 2.67. The second-order valence-electron chi connectivity index (χ2n) is 5.55. The highest BCUT2D eigenvalue weighted by atomic mass is 32.2. The maximum absolute atomic E-state index is 12.0. The quantitative estimate of drug-likeness (QED) is 0.585. The van der Waals surface area contributed by atoms with Crippen LogP contribution in [-0.4, -0.2) is 37.4 Å². The largest absolute Gasteiger partial charge is 0.387 e. The summed E-state index contributed by atoms with van der Waals surface area (Å²) in [5, 5.41) is 7.53. The van der Waals surface area contributed by atoms with E-state index in [1.54, 1.807) is 0 Å². The zero-order valence-corrected chi connectivity index (χ0v) is 11.7. The van der Waals surface area contributed by atoms with Gasteiger partial charge in [-0.25, -0.2) is 12.7 Å². The first-order valence-electron chi connectivity index (χ1n) is 6.00. The average Bonchev–Trinajstić information content (AvgIpc) is 2.16. The van der Waals surface area contributed by atoms with Crippen LogP contribution in [0.1, 0.15) is 33.6 Å². The maximum atomic E-state index is 12.0. The van der Waals surface area contributed by atoms with Gasteiger partial charge in [-0.3, -0.25) is 5.41 Å². The predicted molar refractivity (Wildman–Crippen MR) is 69.5 cm³/mol. The number of hydrogen-bond donors (Lipinski definition) is 2. The molecule has 0 spiro atoms. The third-order valence-corrected chi connectivity index (χ3v) is 5.65. The van der Waals surface area contributed by atoms with Crippen molar-refractivity contribution in [2.45, 2.75) is 33.6 Å². The molecule has 0 aromatic rings. The lowest BCUT2D eigenvalue weighted by molar-refractivity contribution is 0.240. The monoisotopic (exact) mass is 261 g/mol. The molecule has 0 atom stereocenters. The van der Waals surface area contributed by atoms with E-state index in [1.807, 2.05) is 20.8 Å². The molecule has 0 aromatic heterocycles. The molecule has 5 nitrogen and oxygen atoms in total. The zero-order chi connectivity index (χ0) is 13.3. The molecule has 1 aliphatic heterocycles. The number of nitrogens with two attached hydrogens (primary N) is 1. The van der Waals surface area contributed by atoms with E-state index in [4.69, 9.17) is 11.1 Å². The van der Waals surface area contributed by atoms with Gasteiger partial charge in [0, 0.05) is 18.5 Å². The Hall–Kier alpha value is -0.620. The molecule has 1 rings (SSSR count). The zero-order valence-electron chi connectivity index (χ0n) is 10.9. The average molecular weight is 261 g/mol. The molecule has 100 valence electrons. The van der Waals surface area contributed by atoms with Crippen molar-refractivity contribution in [3.63, 3.8) is 0 Å². The van der Waals surface area contributed by atoms with Crippen LogP contribution in [0.15, 0.2) is 0 Å². The molecule has 0 unspecified atom stereocenters. The third-order valence-electron chi connectivity index (χ3n) is 3.41. The van der Waals surface area contributed by atoms with E-state index in [-0.39, 0.29) is 22.9 Å². The van der Waals surface area contributed by atoms with Crippen LogP contribution in [0.5, 0.6) is 0 Å². The highest BCUT2D eigenvalue weighted by Gasteiger charge is 2.36. The van der Waals surface area contributed by atoms with Crippen LogP contribution < -0.4 is 5.73 Å². The van der Waals surface area contributed by atoms with Crippen molar-refractivity contribution in [3.8, 4) is 0 Å². The molecular weight excluding hydrogens is 238 g/mol. The number of sulfonamides is 1. The minimum Gasteiger partial charge on any atom is -0.387 e. The number of amidine groups is 1. The van der Waals surface area contributed by atoms with E-state index in [1.165, 1.54) is 4.31 Å². The van der Waals surface area contributed by atoms with Gasteiger partial charge in [0.25, 0.3) is 0 Å². The van der Waals surface area contributed by atoms with E-state index < -0.39 is 10.0 Å². The highest BCUT2D eigenvalue weighted by Crippen LogP contribution is 2.31. The Labute approximate surface area is 104 Å². The topological polar surface area (TPSA) is 87.2 Å². The lowest BCUT2D eigenvalue weighted by atomic mass is 9.80. The number of nitrogens with zero attached hydrogens (tertiary/aromatic N) is 1. The fourth-order valence-electron chi connectivity index (χ4n) is 2.05. The van der Waals surface area contributed by atoms with Crippen LogP contribution in [0.25, 0.3) is 0 Å². The van der Waals surface area contributed by atoms with E-state index in [2.05, 4.69) is 0 Å². The van der Waals surface area contributed by atoms with E-state index in [9.17, 15) is 8.42 Å². The van der Waals surface area contributed by atoms with Gasteiger partial charge in [0.1, 0.15) is 0 Å². The first-order valence-corrected chi connectivity index (χ1v) is 7.60. The number of hydrogen-bond acceptors (Lipinski definition) is 3. The van der Waals surface area contributed by atoms with E-state index in [0.29, 0.717) is 25.9 Å². The predicted octanol–water partition coefficient (Wildman–Crippen LogP) is 1.01. The molecule has 0 amide bonds. The Morgan fingerprint density at radius 1 is 1.41 bits per heavy atom. The van der Waals surface area contributed by atoms with Crippen molar-refractivity contribution < 1.29 is 8.42 Å². The minimum absolute atomic E-state index is 0.140. The van der Waals surface area contributed by atoms with Crippen LogP contribution in [0.4, 0.5) is 0 Å². The molecule has 17 heavy (non-hydrogen) atoms. The Kier molecular flexibility index (Phi) is 4.19. The lowest BCUT2D eigenvalue weighted by Gasteiger charge is -2.38. The summed E-state index contributed by atoms with van der Waals surface area (Å²) in [5.74, 6) is 0.503. The van der Waals surface area contributed by atoms with Crippen molar-refractivity contribution in [1.82, 2.24) is 4.31 Å². The molecule has 1 saturated heterocycles.